The molecule has 0 bridgehead atoms. The topological polar surface area (TPSA) is 61.9 Å². The Labute approximate surface area is 184 Å². The highest BCUT2D eigenvalue weighted by Gasteiger charge is 2.55. The van der Waals surface area contributed by atoms with Crippen LogP contribution in [0, 0.1) is 0 Å². The summed E-state index contributed by atoms with van der Waals surface area (Å²) in [6.45, 7) is 7.44. The number of carbonyl (C=O) groups excluding carboxylic acids is 2. The van der Waals surface area contributed by atoms with Gasteiger partial charge in [0, 0.05) is 5.69 Å². The van der Waals surface area contributed by atoms with E-state index in [0.717, 1.165) is 24.3 Å². The highest BCUT2D eigenvalue weighted by atomic mass is 16.6. The van der Waals surface area contributed by atoms with Gasteiger partial charge in [-0.05, 0) is 64.4 Å². The zero-order valence-corrected chi connectivity index (χ0v) is 18.5. The van der Waals surface area contributed by atoms with Crippen LogP contribution in [0.25, 0.3) is 0 Å². The maximum atomic E-state index is 14.0. The van der Waals surface area contributed by atoms with Gasteiger partial charge in [0.25, 0.3) is 5.91 Å². The summed E-state index contributed by atoms with van der Waals surface area (Å²) in [7, 11) is 0. The molecule has 1 N–H and O–H groups in total. The lowest BCUT2D eigenvalue weighted by Crippen LogP contribution is -2.56. The molecule has 164 valence electrons. The molecule has 0 radical (unpaired) electrons. The van der Waals surface area contributed by atoms with Crippen LogP contribution in [0.1, 0.15) is 45.2 Å². The van der Waals surface area contributed by atoms with E-state index in [1.54, 1.807) is 4.90 Å². The van der Waals surface area contributed by atoms with Crippen LogP contribution >= 0.6 is 0 Å². The third-order valence-electron chi connectivity index (χ3n) is 6.03. The Balaban J connectivity index is 1.76. The van der Waals surface area contributed by atoms with E-state index in [1.807, 2.05) is 81.4 Å². The van der Waals surface area contributed by atoms with Crippen LogP contribution < -0.4 is 10.2 Å². The summed E-state index contributed by atoms with van der Waals surface area (Å²) in [5.41, 5.74) is 0.473. The second-order valence-corrected chi connectivity index (χ2v) is 9.31. The Hall–Kier alpha value is -2.86. The predicted octanol–water partition coefficient (Wildman–Crippen LogP) is 3.50. The van der Waals surface area contributed by atoms with E-state index in [0.29, 0.717) is 19.5 Å². The summed E-state index contributed by atoms with van der Waals surface area (Å²) in [6.07, 6.45) is 1.40. The van der Waals surface area contributed by atoms with Crippen molar-refractivity contribution < 1.29 is 14.3 Å². The molecule has 2 saturated heterocycles. The van der Waals surface area contributed by atoms with Crippen LogP contribution in [-0.2, 0) is 14.3 Å². The lowest BCUT2D eigenvalue weighted by molar-refractivity contribution is -0.164. The molecule has 31 heavy (non-hydrogen) atoms. The molecule has 1 spiro atoms. The van der Waals surface area contributed by atoms with Gasteiger partial charge in [-0.1, -0.05) is 48.5 Å². The number of carbonyl (C=O) groups is 2. The van der Waals surface area contributed by atoms with E-state index in [2.05, 4.69) is 10.2 Å². The first-order valence-corrected chi connectivity index (χ1v) is 10.9. The van der Waals surface area contributed by atoms with Crippen molar-refractivity contribution in [1.82, 2.24) is 10.2 Å². The Morgan fingerprint density at radius 2 is 1.58 bits per heavy atom. The highest BCUT2D eigenvalue weighted by molar-refractivity contribution is 5.97. The summed E-state index contributed by atoms with van der Waals surface area (Å²) < 4.78 is 5.77. The predicted molar refractivity (Wildman–Crippen MR) is 120 cm³/mol. The Morgan fingerprint density at radius 1 is 1.00 bits per heavy atom. The van der Waals surface area contributed by atoms with Crippen molar-refractivity contribution in [2.75, 3.05) is 24.7 Å². The number of hydrogen-bond acceptors (Lipinski definition) is 5. The molecule has 0 aromatic heterocycles. The molecule has 1 unspecified atom stereocenters. The first-order valence-electron chi connectivity index (χ1n) is 10.9. The van der Waals surface area contributed by atoms with Crippen molar-refractivity contribution in [3.05, 3.63) is 66.2 Å². The summed E-state index contributed by atoms with van der Waals surface area (Å²) in [5, 5.41) is 3.37. The molecule has 2 fully saturated rings. The van der Waals surface area contributed by atoms with E-state index in [1.165, 1.54) is 0 Å². The molecule has 1 amide bonds. The minimum Gasteiger partial charge on any atom is -0.458 e. The maximum absolute atomic E-state index is 14.0. The van der Waals surface area contributed by atoms with Gasteiger partial charge in [0.2, 0.25) is 0 Å². The van der Waals surface area contributed by atoms with Crippen molar-refractivity contribution in [2.24, 2.45) is 0 Å². The van der Waals surface area contributed by atoms with Gasteiger partial charge < -0.3 is 19.9 Å². The highest BCUT2D eigenvalue weighted by Crippen LogP contribution is 2.41. The van der Waals surface area contributed by atoms with Crippen molar-refractivity contribution in [3.63, 3.8) is 0 Å². The monoisotopic (exact) mass is 421 g/mol. The SMILES string of the molecule is CC(C)(C)OC(=O)C(c1ccccc1)N1CN(c2ccccc2)C2(CCNCC2)C1=O. The van der Waals surface area contributed by atoms with Crippen LogP contribution in [0.15, 0.2) is 60.7 Å². The molecule has 2 aliphatic rings. The van der Waals surface area contributed by atoms with Gasteiger partial charge in [0.05, 0.1) is 6.67 Å². The molecular formula is C25H31N3O3. The van der Waals surface area contributed by atoms with Gasteiger partial charge in [0.1, 0.15) is 11.1 Å². The minimum absolute atomic E-state index is 0.00225. The first kappa shape index (κ1) is 21.4. The molecule has 6 heteroatoms. The minimum atomic E-state index is -0.784. The Bertz CT molecular complexity index is 918. The summed E-state index contributed by atoms with van der Waals surface area (Å²) >= 11 is 0. The quantitative estimate of drug-likeness (QED) is 0.766. The van der Waals surface area contributed by atoms with Crippen molar-refractivity contribution >= 4 is 17.6 Å². The first-order chi connectivity index (χ1) is 14.8. The van der Waals surface area contributed by atoms with E-state index in [9.17, 15) is 9.59 Å². The van der Waals surface area contributed by atoms with Gasteiger partial charge in [0.15, 0.2) is 6.04 Å². The third-order valence-corrected chi connectivity index (χ3v) is 6.03. The second kappa shape index (κ2) is 8.35. The third kappa shape index (κ3) is 4.17. The van der Waals surface area contributed by atoms with Crippen LogP contribution in [0.5, 0.6) is 0 Å². The normalized spacial score (nSPS) is 19.5. The number of amides is 1. The number of benzene rings is 2. The molecule has 1 atom stereocenters. The lowest BCUT2D eigenvalue weighted by atomic mass is 9.86. The number of hydrogen-bond donors (Lipinski definition) is 1. The smallest absolute Gasteiger partial charge is 0.334 e. The van der Waals surface area contributed by atoms with Crippen LogP contribution in [0.2, 0.25) is 0 Å². The zero-order valence-electron chi connectivity index (χ0n) is 18.5. The maximum Gasteiger partial charge on any atom is 0.334 e. The van der Waals surface area contributed by atoms with E-state index >= 15 is 0 Å². The molecule has 4 rings (SSSR count). The average molecular weight is 422 g/mol. The molecular weight excluding hydrogens is 390 g/mol. The number of nitrogens with zero attached hydrogens (tertiary/aromatic N) is 2. The summed E-state index contributed by atoms with van der Waals surface area (Å²) in [5.74, 6) is -0.399. The van der Waals surface area contributed by atoms with Gasteiger partial charge in [-0.3, -0.25) is 4.79 Å². The Kier molecular flexibility index (Phi) is 5.75. The average Bonchev–Trinajstić information content (AvgIpc) is 3.01. The van der Waals surface area contributed by atoms with Gasteiger partial charge >= 0.3 is 5.97 Å². The van der Waals surface area contributed by atoms with Crippen molar-refractivity contribution in [3.8, 4) is 0 Å². The largest absolute Gasteiger partial charge is 0.458 e. The number of nitrogens with one attached hydrogen (secondary N) is 1. The van der Waals surface area contributed by atoms with Crippen molar-refractivity contribution in [1.29, 1.82) is 0 Å². The van der Waals surface area contributed by atoms with Gasteiger partial charge in [-0.15, -0.1) is 0 Å². The fourth-order valence-electron chi connectivity index (χ4n) is 4.63. The molecule has 2 aromatic rings. The van der Waals surface area contributed by atoms with E-state index in [4.69, 9.17) is 4.74 Å². The molecule has 0 aliphatic carbocycles. The van der Waals surface area contributed by atoms with Crippen LogP contribution in [0.4, 0.5) is 5.69 Å². The fourth-order valence-corrected chi connectivity index (χ4v) is 4.63. The summed E-state index contributed by atoms with van der Waals surface area (Å²) in [4.78, 5) is 31.2. The number of ether oxygens (including phenoxy) is 1. The van der Waals surface area contributed by atoms with E-state index < -0.39 is 23.2 Å². The van der Waals surface area contributed by atoms with E-state index in [-0.39, 0.29) is 5.91 Å². The number of para-hydroxylation sites is 1. The standard InChI is InChI=1S/C25H31N3O3/c1-24(2,3)31-22(29)21(19-10-6-4-7-11-19)27-18-28(20-12-8-5-9-13-20)25(23(27)30)14-16-26-17-15-25/h4-13,21,26H,14-18H2,1-3H3. The molecule has 6 nitrogen and oxygen atoms in total. The van der Waals surface area contributed by atoms with Gasteiger partial charge in [-0.25, -0.2) is 4.79 Å². The number of esters is 1. The molecule has 2 aliphatic heterocycles. The second-order valence-electron chi connectivity index (χ2n) is 9.31. The summed E-state index contributed by atoms with van der Waals surface area (Å²) in [6, 6.07) is 18.7. The Morgan fingerprint density at radius 3 is 2.16 bits per heavy atom. The number of rotatable bonds is 4. The fraction of sp³-hybridized carbons (Fsp3) is 0.440. The zero-order chi connectivity index (χ0) is 22.1. The molecule has 2 heterocycles. The van der Waals surface area contributed by atoms with Crippen LogP contribution in [0.3, 0.4) is 0 Å². The number of piperidine rings is 1. The molecule has 2 aromatic carbocycles. The van der Waals surface area contributed by atoms with Crippen molar-refractivity contribution in [2.45, 2.75) is 50.8 Å². The molecule has 0 saturated carbocycles. The lowest BCUT2D eigenvalue weighted by Gasteiger charge is -2.40. The van der Waals surface area contributed by atoms with Crippen LogP contribution in [-0.4, -0.2) is 47.7 Å². The number of anilines is 1. The van der Waals surface area contributed by atoms with Gasteiger partial charge in [-0.2, -0.15) is 0 Å².